The number of nitrogens with one attached hydrogen (secondary N) is 1. The number of methoxy groups -OCH3 is 1. The minimum atomic E-state index is -2.94. The van der Waals surface area contributed by atoms with E-state index in [4.69, 9.17) is 4.74 Å². The van der Waals surface area contributed by atoms with Crippen molar-refractivity contribution < 1.29 is 23.0 Å². The van der Waals surface area contributed by atoms with Crippen molar-refractivity contribution in [2.24, 2.45) is 0 Å². The molecule has 0 radical (unpaired) electrons. The molecule has 1 atom stereocenters. The number of carbonyl (C=O) groups excluding carboxylic acids is 1. The van der Waals surface area contributed by atoms with Gasteiger partial charge in [-0.05, 0) is 29.1 Å². The molecule has 3 heterocycles. The second-order valence-corrected chi connectivity index (χ2v) is 7.31. The smallest absolute Gasteiger partial charge is 0.387 e. The molecule has 0 bridgehead atoms. The van der Waals surface area contributed by atoms with Gasteiger partial charge in [0, 0.05) is 22.8 Å². The van der Waals surface area contributed by atoms with Crippen molar-refractivity contribution in [1.29, 1.82) is 0 Å². The summed E-state index contributed by atoms with van der Waals surface area (Å²) in [5.41, 5.74) is 1.64. The third kappa shape index (κ3) is 3.57. The molecule has 9 heteroatoms. The van der Waals surface area contributed by atoms with Gasteiger partial charge in [-0.15, -0.1) is 11.3 Å². The molecule has 0 saturated heterocycles. The molecular weight excluding hydrogens is 388 g/mol. The van der Waals surface area contributed by atoms with E-state index in [0.29, 0.717) is 12.4 Å². The van der Waals surface area contributed by atoms with E-state index in [1.807, 2.05) is 17.5 Å². The second kappa shape index (κ2) is 7.59. The van der Waals surface area contributed by atoms with E-state index in [-0.39, 0.29) is 29.7 Å². The number of amides is 1. The van der Waals surface area contributed by atoms with Gasteiger partial charge in [-0.25, -0.2) is 4.68 Å². The number of alkyl halides is 2. The predicted molar refractivity (Wildman–Crippen MR) is 100 cm³/mol. The predicted octanol–water partition coefficient (Wildman–Crippen LogP) is 4.08. The van der Waals surface area contributed by atoms with E-state index in [0.717, 1.165) is 16.0 Å². The number of aromatic nitrogens is 2. The van der Waals surface area contributed by atoms with Gasteiger partial charge in [-0.1, -0.05) is 12.1 Å². The Morgan fingerprint density at radius 1 is 1.36 bits per heavy atom. The summed E-state index contributed by atoms with van der Waals surface area (Å²) in [6.07, 6.45) is 1.97. The lowest BCUT2D eigenvalue weighted by Crippen LogP contribution is -2.25. The highest BCUT2D eigenvalue weighted by Gasteiger charge is 2.30. The van der Waals surface area contributed by atoms with Gasteiger partial charge in [0.15, 0.2) is 11.5 Å². The number of anilines is 1. The van der Waals surface area contributed by atoms with Gasteiger partial charge < -0.3 is 14.8 Å². The maximum atomic E-state index is 12.6. The van der Waals surface area contributed by atoms with Gasteiger partial charge in [-0.3, -0.25) is 4.79 Å². The second-order valence-electron chi connectivity index (χ2n) is 6.28. The first-order valence-corrected chi connectivity index (χ1v) is 9.44. The van der Waals surface area contributed by atoms with Crippen molar-refractivity contribution in [3.63, 3.8) is 0 Å². The van der Waals surface area contributed by atoms with Gasteiger partial charge in [0.05, 0.1) is 19.9 Å². The van der Waals surface area contributed by atoms with Crippen LogP contribution in [-0.4, -0.2) is 29.4 Å². The monoisotopic (exact) mass is 405 g/mol. The Kier molecular flexibility index (Phi) is 4.99. The first-order chi connectivity index (χ1) is 13.5. The molecule has 4 rings (SSSR count). The fourth-order valence-electron chi connectivity index (χ4n) is 3.33. The Morgan fingerprint density at radius 3 is 2.93 bits per heavy atom. The van der Waals surface area contributed by atoms with Crippen LogP contribution in [0.5, 0.6) is 11.5 Å². The summed E-state index contributed by atoms with van der Waals surface area (Å²) < 4.78 is 36.5. The summed E-state index contributed by atoms with van der Waals surface area (Å²) in [4.78, 5) is 13.4. The summed E-state index contributed by atoms with van der Waals surface area (Å²) in [6, 6.07) is 8.70. The van der Waals surface area contributed by atoms with Crippen molar-refractivity contribution in [1.82, 2.24) is 9.78 Å². The minimum Gasteiger partial charge on any atom is -0.493 e. The molecule has 6 nitrogen and oxygen atoms in total. The van der Waals surface area contributed by atoms with E-state index in [1.165, 1.54) is 13.2 Å². The van der Waals surface area contributed by atoms with Crippen molar-refractivity contribution in [3.8, 4) is 11.5 Å². The summed E-state index contributed by atoms with van der Waals surface area (Å²) in [5.74, 6) is 0.417. The summed E-state index contributed by atoms with van der Waals surface area (Å²) in [6.45, 7) is -2.38. The zero-order valence-electron chi connectivity index (χ0n) is 14.9. The van der Waals surface area contributed by atoms with Crippen LogP contribution in [0.4, 0.5) is 14.6 Å². The normalized spacial score (nSPS) is 16.0. The number of hydrogen-bond acceptors (Lipinski definition) is 5. The Bertz CT molecular complexity index is 988. The Hall–Kier alpha value is -2.94. The van der Waals surface area contributed by atoms with Gasteiger partial charge in [-0.2, -0.15) is 13.9 Å². The van der Waals surface area contributed by atoms with Crippen molar-refractivity contribution in [2.75, 3.05) is 12.4 Å². The number of thiophene rings is 1. The number of fused-ring (bicyclic) bond motifs is 1. The van der Waals surface area contributed by atoms with E-state index < -0.39 is 6.61 Å². The number of nitrogens with zero attached hydrogens (tertiary/aromatic N) is 2. The van der Waals surface area contributed by atoms with E-state index in [2.05, 4.69) is 15.2 Å². The fourth-order valence-corrected chi connectivity index (χ4v) is 4.02. The Balaban J connectivity index is 1.68. The standard InChI is InChI=1S/C19H17F2N3O3S/c1-26-16-7-11(4-5-15(16)27-19(20)21)13-8-17(25)23-18-14(13)9-22-24(18)10-12-3-2-6-28-12/h2-7,9,13,19H,8,10H2,1H3,(H,23,25)/t13-/m1/s1. The molecule has 0 unspecified atom stereocenters. The zero-order valence-corrected chi connectivity index (χ0v) is 15.7. The number of carbonyl (C=O) groups is 1. The highest BCUT2D eigenvalue weighted by Crippen LogP contribution is 2.40. The van der Waals surface area contributed by atoms with Crippen LogP contribution in [0.1, 0.15) is 28.3 Å². The third-order valence-corrected chi connectivity index (χ3v) is 5.44. The van der Waals surface area contributed by atoms with Crippen LogP contribution in [0.15, 0.2) is 41.9 Å². The number of ether oxygens (including phenoxy) is 2. The summed E-state index contributed by atoms with van der Waals surface area (Å²) >= 11 is 1.62. The quantitative estimate of drug-likeness (QED) is 0.671. The number of benzene rings is 1. The Labute approximate surface area is 163 Å². The van der Waals surface area contributed by atoms with Crippen molar-refractivity contribution >= 4 is 23.1 Å². The van der Waals surface area contributed by atoms with Crippen LogP contribution in [0.2, 0.25) is 0 Å². The van der Waals surface area contributed by atoms with Crippen LogP contribution in [-0.2, 0) is 11.3 Å². The lowest BCUT2D eigenvalue weighted by atomic mass is 9.87. The first kappa shape index (κ1) is 18.4. The average molecular weight is 405 g/mol. The molecule has 3 aromatic rings. The molecule has 1 N–H and O–H groups in total. The van der Waals surface area contributed by atoms with Crippen molar-refractivity contribution in [2.45, 2.75) is 25.5 Å². The van der Waals surface area contributed by atoms with Gasteiger partial charge >= 0.3 is 6.61 Å². The molecule has 0 fully saturated rings. The van der Waals surface area contributed by atoms with Crippen LogP contribution in [0.3, 0.4) is 0 Å². The van der Waals surface area contributed by atoms with Crippen molar-refractivity contribution in [3.05, 3.63) is 57.9 Å². The molecule has 1 aromatic carbocycles. The average Bonchev–Trinajstić information content (AvgIpc) is 3.32. The first-order valence-electron chi connectivity index (χ1n) is 8.56. The van der Waals surface area contributed by atoms with Crippen LogP contribution >= 0.6 is 11.3 Å². The largest absolute Gasteiger partial charge is 0.493 e. The highest BCUT2D eigenvalue weighted by atomic mass is 32.1. The minimum absolute atomic E-state index is 0.0462. The number of rotatable bonds is 6. The van der Waals surface area contributed by atoms with E-state index in [1.54, 1.807) is 34.3 Å². The molecule has 1 aliphatic rings. The molecule has 28 heavy (non-hydrogen) atoms. The molecular formula is C19H17F2N3O3S. The summed E-state index contributed by atoms with van der Waals surface area (Å²) in [7, 11) is 1.38. The lowest BCUT2D eigenvalue weighted by molar-refractivity contribution is -0.116. The Morgan fingerprint density at radius 2 is 2.21 bits per heavy atom. The lowest BCUT2D eigenvalue weighted by Gasteiger charge is -2.24. The number of hydrogen-bond donors (Lipinski definition) is 1. The van der Waals surface area contributed by atoms with Gasteiger partial charge in [0.25, 0.3) is 0 Å². The molecule has 146 valence electrons. The molecule has 0 aliphatic carbocycles. The topological polar surface area (TPSA) is 65.4 Å². The third-order valence-electron chi connectivity index (χ3n) is 4.58. The molecule has 0 spiro atoms. The van der Waals surface area contributed by atoms with Crippen LogP contribution in [0.25, 0.3) is 0 Å². The summed E-state index contributed by atoms with van der Waals surface area (Å²) in [5, 5.41) is 9.32. The molecule has 1 aliphatic heterocycles. The molecule has 2 aromatic heterocycles. The molecule has 1 amide bonds. The van der Waals surface area contributed by atoms with Gasteiger partial charge in [0.1, 0.15) is 5.82 Å². The maximum Gasteiger partial charge on any atom is 0.387 e. The maximum absolute atomic E-state index is 12.6. The SMILES string of the molecule is COc1cc([C@H]2CC(=O)Nc3c2cnn3Cc2cccs2)ccc1OC(F)F. The van der Waals surface area contributed by atoms with Crippen LogP contribution in [0, 0.1) is 0 Å². The number of halogens is 2. The van der Waals surface area contributed by atoms with Crippen LogP contribution < -0.4 is 14.8 Å². The van der Waals surface area contributed by atoms with E-state index in [9.17, 15) is 13.6 Å². The fraction of sp³-hybridized carbons (Fsp3) is 0.263. The van der Waals surface area contributed by atoms with E-state index >= 15 is 0 Å². The highest BCUT2D eigenvalue weighted by molar-refractivity contribution is 7.09. The van der Waals surface area contributed by atoms with Gasteiger partial charge in [0.2, 0.25) is 5.91 Å². The zero-order chi connectivity index (χ0) is 19.7. The molecule has 0 saturated carbocycles.